The van der Waals surface area contributed by atoms with Crippen LogP contribution in [0.1, 0.15) is 24.5 Å². The van der Waals surface area contributed by atoms with Gasteiger partial charge in [0, 0.05) is 12.6 Å². The minimum atomic E-state index is -0.735. The van der Waals surface area contributed by atoms with Gasteiger partial charge >= 0.3 is 0 Å². The van der Waals surface area contributed by atoms with Gasteiger partial charge in [0.1, 0.15) is 12.0 Å². The molecule has 4 atom stereocenters. The molecule has 32 heavy (non-hydrogen) atoms. The molecule has 174 valence electrons. The number of carbonyl (C=O) groups is 2. The summed E-state index contributed by atoms with van der Waals surface area (Å²) >= 11 is 0. The van der Waals surface area contributed by atoms with Gasteiger partial charge in [-0.15, -0.1) is 0 Å². The quantitative estimate of drug-likeness (QED) is 0.262. The summed E-state index contributed by atoms with van der Waals surface area (Å²) in [5, 5.41) is 25.7. The summed E-state index contributed by atoms with van der Waals surface area (Å²) < 4.78 is 0. The maximum absolute atomic E-state index is 12.5. The fourth-order valence-electron chi connectivity index (χ4n) is 3.58. The van der Waals surface area contributed by atoms with Crippen LogP contribution in [0.5, 0.6) is 5.75 Å². The first-order valence-electron chi connectivity index (χ1n) is 10.7. The number of nitrogens with two attached hydrogens (primary N) is 2. The molecule has 0 aliphatic carbocycles. The number of benzene rings is 2. The van der Waals surface area contributed by atoms with E-state index in [2.05, 4.69) is 10.6 Å². The summed E-state index contributed by atoms with van der Waals surface area (Å²) in [6, 6.07) is 11.9. The zero-order valence-electron chi connectivity index (χ0n) is 18.6. The van der Waals surface area contributed by atoms with Crippen LogP contribution in [0.15, 0.2) is 42.5 Å². The Labute approximate surface area is 189 Å². The molecular formula is C24H34N4O4. The molecule has 1 amide bonds. The van der Waals surface area contributed by atoms with Crippen LogP contribution in [0.25, 0.3) is 11.1 Å². The van der Waals surface area contributed by atoms with Gasteiger partial charge in [0.2, 0.25) is 5.91 Å². The molecule has 0 heterocycles. The van der Waals surface area contributed by atoms with E-state index >= 15 is 0 Å². The monoisotopic (exact) mass is 442 g/mol. The van der Waals surface area contributed by atoms with Gasteiger partial charge in [-0.05, 0) is 67.6 Å². The van der Waals surface area contributed by atoms with E-state index in [4.69, 9.17) is 11.5 Å². The highest BCUT2D eigenvalue weighted by Crippen LogP contribution is 2.27. The maximum atomic E-state index is 12.5. The molecule has 0 radical (unpaired) electrons. The summed E-state index contributed by atoms with van der Waals surface area (Å²) in [6.07, 6.45) is 1.06. The minimum absolute atomic E-state index is 0.105. The Morgan fingerprint density at radius 1 is 1.16 bits per heavy atom. The Kier molecular flexibility index (Phi) is 9.80. The molecule has 2 aromatic carbocycles. The number of phenols is 1. The first-order chi connectivity index (χ1) is 15.3. The van der Waals surface area contributed by atoms with Crippen LogP contribution in [0.4, 0.5) is 0 Å². The van der Waals surface area contributed by atoms with E-state index < -0.39 is 18.2 Å². The summed E-state index contributed by atoms with van der Waals surface area (Å²) in [7, 11) is 1.68. The van der Waals surface area contributed by atoms with Gasteiger partial charge in [-0.2, -0.15) is 0 Å². The molecule has 3 unspecified atom stereocenters. The number of likely N-dealkylation sites (N-methyl/N-ethyl adjacent to an activating group) is 1. The SMILES string of the molecule is CN[C@@H](CC(O)CN)C(=O)NC(C)Cc1cccc(-c2ccc(O)c(CC(N)C=O)c2)c1. The van der Waals surface area contributed by atoms with Crippen LogP contribution < -0.4 is 22.1 Å². The molecule has 8 N–H and O–H groups in total. The lowest BCUT2D eigenvalue weighted by Gasteiger charge is -2.22. The molecule has 0 spiro atoms. The standard InChI is InChI=1S/C24H34N4O4/c1-15(28-24(32)22(27-2)12-21(30)13-25)8-16-4-3-5-17(9-16)18-6-7-23(31)19(10-18)11-20(26)14-29/h3-7,9-10,14-15,20-22,27,30-31H,8,11-13,25-26H2,1-2H3,(H,28,32)/t15?,20?,21?,22-/m0/s1. The van der Waals surface area contributed by atoms with Crippen LogP contribution in [-0.2, 0) is 22.4 Å². The second-order valence-corrected chi connectivity index (χ2v) is 8.13. The highest BCUT2D eigenvalue weighted by molar-refractivity contribution is 5.82. The number of carbonyl (C=O) groups excluding carboxylic acids is 2. The van der Waals surface area contributed by atoms with Crippen LogP contribution in [-0.4, -0.2) is 60.2 Å². The molecule has 0 aromatic heterocycles. The van der Waals surface area contributed by atoms with Crippen molar-refractivity contribution in [2.75, 3.05) is 13.6 Å². The van der Waals surface area contributed by atoms with Crippen molar-refractivity contribution in [3.63, 3.8) is 0 Å². The molecule has 0 bridgehead atoms. The summed E-state index contributed by atoms with van der Waals surface area (Å²) in [4.78, 5) is 23.4. The lowest BCUT2D eigenvalue weighted by molar-refractivity contribution is -0.124. The van der Waals surface area contributed by atoms with Crippen LogP contribution in [0.3, 0.4) is 0 Å². The van der Waals surface area contributed by atoms with Gasteiger partial charge in [0.25, 0.3) is 0 Å². The van der Waals surface area contributed by atoms with Crippen molar-refractivity contribution in [2.45, 2.75) is 50.4 Å². The van der Waals surface area contributed by atoms with E-state index in [-0.39, 0.29) is 37.1 Å². The zero-order valence-corrected chi connectivity index (χ0v) is 18.6. The van der Waals surface area contributed by atoms with Gasteiger partial charge in [0.05, 0.1) is 18.2 Å². The fraction of sp³-hybridized carbons (Fsp3) is 0.417. The molecule has 8 nitrogen and oxygen atoms in total. The van der Waals surface area contributed by atoms with E-state index in [9.17, 15) is 19.8 Å². The Bertz CT molecular complexity index is 905. The average Bonchev–Trinajstić information content (AvgIpc) is 2.78. The summed E-state index contributed by atoms with van der Waals surface area (Å²) in [5.74, 6) is -0.0734. The van der Waals surface area contributed by atoms with Crippen molar-refractivity contribution in [1.29, 1.82) is 0 Å². The molecular weight excluding hydrogens is 408 g/mol. The number of phenolic OH excluding ortho intramolecular Hbond substituents is 1. The third-order valence-corrected chi connectivity index (χ3v) is 5.35. The lowest BCUT2D eigenvalue weighted by atomic mass is 9.96. The smallest absolute Gasteiger partial charge is 0.237 e. The van der Waals surface area contributed by atoms with Gasteiger partial charge < -0.3 is 37.1 Å². The molecule has 0 saturated heterocycles. The number of aromatic hydroxyl groups is 1. The average molecular weight is 443 g/mol. The Hall–Kier alpha value is -2.78. The predicted octanol–water partition coefficient (Wildman–Crippen LogP) is 0.473. The van der Waals surface area contributed by atoms with Crippen LogP contribution in [0, 0.1) is 0 Å². The third-order valence-electron chi connectivity index (χ3n) is 5.35. The molecule has 0 aliphatic heterocycles. The molecule has 2 rings (SSSR count). The largest absolute Gasteiger partial charge is 0.508 e. The van der Waals surface area contributed by atoms with Crippen LogP contribution in [0.2, 0.25) is 0 Å². The second-order valence-electron chi connectivity index (χ2n) is 8.13. The number of amides is 1. The Balaban J connectivity index is 2.09. The normalized spacial score (nSPS) is 14.9. The summed E-state index contributed by atoms with van der Waals surface area (Å²) in [6.45, 7) is 2.03. The highest BCUT2D eigenvalue weighted by Gasteiger charge is 2.21. The molecule has 0 saturated carbocycles. The lowest BCUT2D eigenvalue weighted by Crippen LogP contribution is -2.48. The van der Waals surface area contributed by atoms with Gasteiger partial charge in [-0.3, -0.25) is 4.79 Å². The third kappa shape index (κ3) is 7.42. The predicted molar refractivity (Wildman–Crippen MR) is 125 cm³/mol. The van der Waals surface area contributed by atoms with E-state index in [1.807, 2.05) is 43.3 Å². The van der Waals surface area contributed by atoms with Gasteiger partial charge in [0.15, 0.2) is 0 Å². The van der Waals surface area contributed by atoms with Crippen molar-refractivity contribution in [2.24, 2.45) is 11.5 Å². The number of aliphatic hydroxyl groups excluding tert-OH is 1. The van der Waals surface area contributed by atoms with Crippen molar-refractivity contribution in [3.8, 4) is 16.9 Å². The molecule has 2 aromatic rings. The molecule has 0 fully saturated rings. The van der Waals surface area contributed by atoms with Crippen molar-refractivity contribution >= 4 is 12.2 Å². The highest BCUT2D eigenvalue weighted by atomic mass is 16.3. The maximum Gasteiger partial charge on any atom is 0.237 e. The number of hydrogen-bond acceptors (Lipinski definition) is 7. The first kappa shape index (κ1) is 25.5. The number of rotatable bonds is 12. The number of hydrogen-bond donors (Lipinski definition) is 6. The van der Waals surface area contributed by atoms with Crippen molar-refractivity contribution < 1.29 is 19.8 Å². The van der Waals surface area contributed by atoms with E-state index in [1.54, 1.807) is 13.1 Å². The number of aldehydes is 1. The van der Waals surface area contributed by atoms with E-state index in [0.717, 1.165) is 16.7 Å². The molecule has 8 heteroatoms. The van der Waals surface area contributed by atoms with E-state index in [1.165, 1.54) is 0 Å². The minimum Gasteiger partial charge on any atom is -0.508 e. The van der Waals surface area contributed by atoms with Crippen molar-refractivity contribution in [1.82, 2.24) is 10.6 Å². The number of aliphatic hydroxyl groups is 1. The number of nitrogens with one attached hydrogen (secondary N) is 2. The van der Waals surface area contributed by atoms with Gasteiger partial charge in [-0.1, -0.05) is 30.3 Å². The second kappa shape index (κ2) is 12.3. The first-order valence-corrected chi connectivity index (χ1v) is 10.7. The van der Waals surface area contributed by atoms with E-state index in [0.29, 0.717) is 18.3 Å². The summed E-state index contributed by atoms with van der Waals surface area (Å²) in [5.41, 5.74) is 14.7. The topological polar surface area (TPSA) is 151 Å². The van der Waals surface area contributed by atoms with Crippen LogP contribution >= 0.6 is 0 Å². The van der Waals surface area contributed by atoms with Crippen molar-refractivity contribution in [3.05, 3.63) is 53.6 Å². The Morgan fingerprint density at radius 3 is 2.53 bits per heavy atom. The zero-order chi connectivity index (χ0) is 23.7. The fourth-order valence-corrected chi connectivity index (χ4v) is 3.58. The molecule has 0 aliphatic rings. The Morgan fingerprint density at radius 2 is 1.88 bits per heavy atom. The van der Waals surface area contributed by atoms with Gasteiger partial charge in [-0.25, -0.2) is 0 Å².